The summed E-state index contributed by atoms with van der Waals surface area (Å²) in [4.78, 5) is 10.9. The van der Waals surface area contributed by atoms with Crippen LogP contribution in [0.4, 0.5) is 0 Å². The molecule has 0 aliphatic heterocycles. The number of ether oxygens (including phenoxy) is 1. The molecule has 0 saturated heterocycles. The van der Waals surface area contributed by atoms with E-state index >= 15 is 0 Å². The summed E-state index contributed by atoms with van der Waals surface area (Å²) >= 11 is 0. The number of rotatable bonds is 3. The predicted molar refractivity (Wildman–Crippen MR) is 52.2 cm³/mol. The second-order valence-corrected chi connectivity index (χ2v) is 9.47. The molecule has 2 N–H and O–H groups in total. The molecular formula is C8H17NO2Si. The molecule has 0 atom stereocenters. The van der Waals surface area contributed by atoms with Crippen molar-refractivity contribution in [3.63, 3.8) is 0 Å². The molecule has 0 aromatic heterocycles. The number of carbonyl (C=O) groups excluding carboxylic acids is 1. The van der Waals surface area contributed by atoms with Gasteiger partial charge in [-0.1, -0.05) is 19.6 Å². The van der Waals surface area contributed by atoms with Gasteiger partial charge in [0, 0.05) is 11.8 Å². The Kier molecular flexibility index (Phi) is 4.02. The fourth-order valence-electron chi connectivity index (χ4n) is 0.515. The summed E-state index contributed by atoms with van der Waals surface area (Å²) in [6.07, 6.45) is 1.86. The van der Waals surface area contributed by atoms with Crippen molar-refractivity contribution >= 4 is 14.0 Å². The normalized spacial score (nSPS) is 12.8. The second-order valence-electron chi connectivity index (χ2n) is 4.06. The van der Waals surface area contributed by atoms with Gasteiger partial charge in [0.2, 0.25) is 0 Å². The third-order valence-electron chi connectivity index (χ3n) is 0.993. The van der Waals surface area contributed by atoms with Gasteiger partial charge in [0.1, 0.15) is 0 Å². The lowest BCUT2D eigenvalue weighted by Crippen LogP contribution is -2.29. The van der Waals surface area contributed by atoms with Crippen LogP contribution in [0.1, 0.15) is 6.92 Å². The van der Waals surface area contributed by atoms with Crippen molar-refractivity contribution in [3.05, 3.63) is 11.8 Å². The number of nitrogens with two attached hydrogens (primary N) is 1. The maximum absolute atomic E-state index is 10.9. The Bertz CT molecular complexity index is 190. The van der Waals surface area contributed by atoms with Crippen molar-refractivity contribution in [1.82, 2.24) is 0 Å². The highest BCUT2D eigenvalue weighted by molar-refractivity contribution is 6.76. The molecule has 4 heteroatoms. The summed E-state index contributed by atoms with van der Waals surface area (Å²) in [5, 5.41) is 0. The molecule has 0 spiro atoms. The van der Waals surface area contributed by atoms with Gasteiger partial charge in [-0.2, -0.15) is 0 Å². The van der Waals surface area contributed by atoms with Gasteiger partial charge in [-0.05, 0) is 6.92 Å². The molecule has 12 heavy (non-hydrogen) atoms. The van der Waals surface area contributed by atoms with E-state index in [1.54, 1.807) is 6.92 Å². The zero-order valence-corrected chi connectivity index (χ0v) is 9.18. The van der Waals surface area contributed by atoms with E-state index in [1.807, 2.05) is 0 Å². The molecule has 70 valence electrons. The van der Waals surface area contributed by atoms with Crippen molar-refractivity contribution in [2.75, 3.05) is 6.23 Å². The SMILES string of the molecule is C/C(N)=C/C(=O)OC[Si](C)(C)C. The van der Waals surface area contributed by atoms with Gasteiger partial charge in [-0.25, -0.2) is 4.79 Å². The molecule has 0 saturated carbocycles. The first-order chi connectivity index (χ1) is 5.31. The lowest BCUT2D eigenvalue weighted by atomic mass is 10.4. The molecule has 0 rings (SSSR count). The van der Waals surface area contributed by atoms with Crippen molar-refractivity contribution in [3.8, 4) is 0 Å². The molecule has 0 aromatic rings. The van der Waals surface area contributed by atoms with Gasteiger partial charge in [-0.3, -0.25) is 0 Å². The topological polar surface area (TPSA) is 52.3 Å². The number of hydrogen-bond donors (Lipinski definition) is 1. The third kappa shape index (κ3) is 7.34. The van der Waals surface area contributed by atoms with Crippen molar-refractivity contribution in [2.45, 2.75) is 26.6 Å². The minimum Gasteiger partial charge on any atom is -0.466 e. The molecule has 0 aliphatic rings. The summed E-state index contributed by atoms with van der Waals surface area (Å²) in [5.41, 5.74) is 5.79. The van der Waals surface area contributed by atoms with Gasteiger partial charge in [0.05, 0.1) is 14.3 Å². The lowest BCUT2D eigenvalue weighted by Gasteiger charge is -2.14. The van der Waals surface area contributed by atoms with Crippen LogP contribution in [0.15, 0.2) is 11.8 Å². The summed E-state index contributed by atoms with van der Waals surface area (Å²) in [6.45, 7) is 8.08. The Balaban J connectivity index is 3.81. The number of carbonyl (C=O) groups is 1. The van der Waals surface area contributed by atoms with E-state index in [0.717, 1.165) is 0 Å². The molecule has 0 aromatic carbocycles. The first kappa shape index (κ1) is 11.2. The zero-order valence-electron chi connectivity index (χ0n) is 8.18. The zero-order chi connectivity index (χ0) is 9.78. The smallest absolute Gasteiger partial charge is 0.332 e. The number of allylic oxidation sites excluding steroid dienone is 1. The van der Waals surface area contributed by atoms with Gasteiger partial charge in [-0.15, -0.1) is 0 Å². The maximum atomic E-state index is 10.9. The van der Waals surface area contributed by atoms with Crippen molar-refractivity contribution < 1.29 is 9.53 Å². The number of esters is 1. The van der Waals surface area contributed by atoms with Crippen LogP contribution in [0.5, 0.6) is 0 Å². The van der Waals surface area contributed by atoms with Crippen LogP contribution in [0, 0.1) is 0 Å². The first-order valence-electron chi connectivity index (χ1n) is 3.92. The van der Waals surface area contributed by atoms with Gasteiger partial charge in [0.15, 0.2) is 0 Å². The van der Waals surface area contributed by atoms with Gasteiger partial charge >= 0.3 is 5.97 Å². The Morgan fingerprint density at radius 2 is 2.00 bits per heavy atom. The van der Waals surface area contributed by atoms with E-state index in [0.29, 0.717) is 11.9 Å². The van der Waals surface area contributed by atoms with E-state index in [9.17, 15) is 4.79 Å². The second kappa shape index (κ2) is 4.30. The molecule has 0 unspecified atom stereocenters. The van der Waals surface area contributed by atoms with Crippen LogP contribution >= 0.6 is 0 Å². The molecule has 0 heterocycles. The predicted octanol–water partition coefficient (Wildman–Crippen LogP) is 1.27. The lowest BCUT2D eigenvalue weighted by molar-refractivity contribution is -0.136. The molecule has 0 aliphatic carbocycles. The van der Waals surface area contributed by atoms with Crippen molar-refractivity contribution in [1.29, 1.82) is 0 Å². The standard InChI is InChI=1S/C8H17NO2Si/c1-7(9)5-8(10)11-6-12(2,3)4/h5H,6,9H2,1-4H3/b7-5-. The monoisotopic (exact) mass is 187 g/mol. The van der Waals surface area contributed by atoms with Crippen LogP contribution in [0.3, 0.4) is 0 Å². The van der Waals surface area contributed by atoms with Gasteiger partial charge in [0.25, 0.3) is 0 Å². The van der Waals surface area contributed by atoms with E-state index < -0.39 is 8.07 Å². The maximum Gasteiger partial charge on any atom is 0.332 e. The quantitative estimate of drug-likeness (QED) is 0.411. The van der Waals surface area contributed by atoms with Crippen LogP contribution in [-0.2, 0) is 9.53 Å². The first-order valence-corrected chi connectivity index (χ1v) is 7.62. The van der Waals surface area contributed by atoms with Crippen molar-refractivity contribution in [2.24, 2.45) is 5.73 Å². The molecule has 3 nitrogen and oxygen atoms in total. The number of hydrogen-bond acceptors (Lipinski definition) is 3. The Labute approximate surface area is 74.6 Å². The fraction of sp³-hybridized carbons (Fsp3) is 0.625. The van der Waals surface area contributed by atoms with E-state index in [2.05, 4.69) is 19.6 Å². The Morgan fingerprint density at radius 3 is 2.33 bits per heavy atom. The van der Waals surface area contributed by atoms with Crippen LogP contribution in [-0.4, -0.2) is 20.3 Å². The van der Waals surface area contributed by atoms with Crippen LogP contribution in [0.2, 0.25) is 19.6 Å². The average Bonchev–Trinajstić information content (AvgIpc) is 1.80. The summed E-state index contributed by atoms with van der Waals surface area (Å²) in [5.74, 6) is -0.336. The van der Waals surface area contributed by atoms with E-state index in [4.69, 9.17) is 10.5 Å². The summed E-state index contributed by atoms with van der Waals surface area (Å²) in [7, 11) is -1.28. The Morgan fingerprint density at radius 1 is 1.50 bits per heavy atom. The summed E-state index contributed by atoms with van der Waals surface area (Å²) in [6, 6.07) is 0. The summed E-state index contributed by atoms with van der Waals surface area (Å²) < 4.78 is 4.98. The highest BCUT2D eigenvalue weighted by atomic mass is 28.3. The average molecular weight is 187 g/mol. The van der Waals surface area contributed by atoms with E-state index in [-0.39, 0.29) is 5.97 Å². The largest absolute Gasteiger partial charge is 0.466 e. The van der Waals surface area contributed by atoms with Gasteiger partial charge < -0.3 is 10.5 Å². The molecule has 0 radical (unpaired) electrons. The fourth-order valence-corrected chi connectivity index (χ4v) is 1.09. The van der Waals surface area contributed by atoms with E-state index in [1.165, 1.54) is 6.08 Å². The van der Waals surface area contributed by atoms with Crippen LogP contribution < -0.4 is 5.73 Å². The molecule has 0 bridgehead atoms. The van der Waals surface area contributed by atoms with Crippen LogP contribution in [0.25, 0.3) is 0 Å². The Hall–Kier alpha value is -0.773. The highest BCUT2D eigenvalue weighted by Gasteiger charge is 2.15. The molecule has 0 amide bonds. The molecule has 0 fully saturated rings. The molecular weight excluding hydrogens is 170 g/mol. The minimum absolute atomic E-state index is 0.336. The highest BCUT2D eigenvalue weighted by Crippen LogP contribution is 2.01. The third-order valence-corrected chi connectivity index (χ3v) is 2.00. The minimum atomic E-state index is -1.28.